The van der Waals surface area contributed by atoms with Gasteiger partial charge in [-0.2, -0.15) is 0 Å². The molecular formula is C20H20N2O3. The van der Waals surface area contributed by atoms with Crippen molar-refractivity contribution in [2.75, 3.05) is 7.05 Å². The minimum absolute atomic E-state index is 0.0825. The molecule has 5 nitrogen and oxygen atoms in total. The molecule has 1 atom stereocenters. The highest BCUT2D eigenvalue weighted by atomic mass is 16.4. The summed E-state index contributed by atoms with van der Waals surface area (Å²) in [5.41, 5.74) is 2.76. The molecule has 0 bridgehead atoms. The van der Waals surface area contributed by atoms with Crippen molar-refractivity contribution in [1.82, 2.24) is 9.88 Å². The van der Waals surface area contributed by atoms with Crippen molar-refractivity contribution in [3.05, 3.63) is 93.8 Å². The third kappa shape index (κ3) is 3.95. The summed E-state index contributed by atoms with van der Waals surface area (Å²) in [4.78, 5) is 18.2. The van der Waals surface area contributed by atoms with E-state index >= 15 is 0 Å². The van der Waals surface area contributed by atoms with Crippen molar-refractivity contribution < 1.29 is 9.52 Å². The first-order chi connectivity index (χ1) is 12.0. The Kier molecular flexibility index (Phi) is 4.95. The zero-order chi connectivity index (χ0) is 17.8. The van der Waals surface area contributed by atoms with Gasteiger partial charge in [-0.25, -0.2) is 0 Å². The van der Waals surface area contributed by atoms with E-state index in [2.05, 4.69) is 34.1 Å². The molecular weight excluding hydrogens is 316 g/mol. The Bertz CT molecular complexity index is 889. The number of rotatable bonds is 5. The van der Waals surface area contributed by atoms with Crippen LogP contribution in [-0.2, 0) is 6.54 Å². The summed E-state index contributed by atoms with van der Waals surface area (Å²) >= 11 is 0. The van der Waals surface area contributed by atoms with Gasteiger partial charge in [-0.15, -0.1) is 0 Å². The molecule has 0 aliphatic carbocycles. The molecule has 0 amide bonds. The first kappa shape index (κ1) is 16.9. The lowest BCUT2D eigenvalue weighted by Gasteiger charge is -2.27. The Balaban J connectivity index is 1.94. The van der Waals surface area contributed by atoms with Crippen LogP contribution in [0.25, 0.3) is 0 Å². The van der Waals surface area contributed by atoms with Crippen LogP contribution in [-0.4, -0.2) is 22.0 Å². The monoisotopic (exact) mass is 336 g/mol. The highest BCUT2D eigenvalue weighted by Crippen LogP contribution is 2.27. The fourth-order valence-corrected chi connectivity index (χ4v) is 2.80. The molecule has 0 radical (unpaired) electrons. The SMILES string of the molecule is Cc1ccc([C@H](c2ccccn2)N(C)Cc2cc(=O)c(O)co2)cc1. The Hall–Kier alpha value is -2.92. The third-order valence-corrected chi connectivity index (χ3v) is 4.07. The van der Waals surface area contributed by atoms with Gasteiger partial charge in [-0.05, 0) is 31.7 Å². The molecule has 0 fully saturated rings. The van der Waals surface area contributed by atoms with Crippen molar-refractivity contribution in [3.8, 4) is 5.75 Å². The average molecular weight is 336 g/mol. The van der Waals surface area contributed by atoms with Crippen molar-refractivity contribution in [3.63, 3.8) is 0 Å². The highest BCUT2D eigenvalue weighted by molar-refractivity contribution is 5.30. The zero-order valence-corrected chi connectivity index (χ0v) is 14.2. The van der Waals surface area contributed by atoms with Crippen LogP contribution in [0.3, 0.4) is 0 Å². The fourth-order valence-electron chi connectivity index (χ4n) is 2.80. The summed E-state index contributed by atoms with van der Waals surface area (Å²) in [6, 6.07) is 15.4. The van der Waals surface area contributed by atoms with Crippen LogP contribution in [0.5, 0.6) is 5.75 Å². The summed E-state index contributed by atoms with van der Waals surface area (Å²) in [6.45, 7) is 2.46. The summed E-state index contributed by atoms with van der Waals surface area (Å²) in [5, 5.41) is 9.34. The molecule has 0 saturated heterocycles. The van der Waals surface area contributed by atoms with E-state index in [0.29, 0.717) is 12.3 Å². The van der Waals surface area contributed by atoms with Crippen LogP contribution in [0.2, 0.25) is 0 Å². The summed E-state index contributed by atoms with van der Waals surface area (Å²) < 4.78 is 5.34. The van der Waals surface area contributed by atoms with Gasteiger partial charge in [-0.1, -0.05) is 35.9 Å². The van der Waals surface area contributed by atoms with E-state index in [9.17, 15) is 9.90 Å². The predicted molar refractivity (Wildman–Crippen MR) is 95.4 cm³/mol. The number of pyridine rings is 1. The number of aromatic hydroxyl groups is 1. The smallest absolute Gasteiger partial charge is 0.226 e. The minimum atomic E-state index is -0.445. The van der Waals surface area contributed by atoms with Gasteiger partial charge in [-0.3, -0.25) is 14.7 Å². The number of aryl methyl sites for hydroxylation is 1. The second-order valence-corrected chi connectivity index (χ2v) is 6.08. The average Bonchev–Trinajstić information content (AvgIpc) is 2.61. The lowest BCUT2D eigenvalue weighted by atomic mass is 10.0. The van der Waals surface area contributed by atoms with Crippen molar-refractivity contribution >= 4 is 0 Å². The maximum absolute atomic E-state index is 11.6. The number of nitrogens with zero attached hydrogens (tertiary/aromatic N) is 2. The Morgan fingerprint density at radius 1 is 1.20 bits per heavy atom. The van der Waals surface area contributed by atoms with Crippen LogP contribution in [0.15, 0.2) is 70.2 Å². The largest absolute Gasteiger partial charge is 0.502 e. The maximum atomic E-state index is 11.6. The first-order valence-corrected chi connectivity index (χ1v) is 8.03. The van der Waals surface area contributed by atoms with E-state index in [0.717, 1.165) is 17.5 Å². The van der Waals surface area contributed by atoms with Gasteiger partial charge >= 0.3 is 0 Å². The molecule has 3 aromatic rings. The molecule has 2 aromatic heterocycles. The number of hydrogen-bond donors (Lipinski definition) is 1. The quantitative estimate of drug-likeness (QED) is 0.774. The normalized spacial score (nSPS) is 12.3. The maximum Gasteiger partial charge on any atom is 0.226 e. The van der Waals surface area contributed by atoms with E-state index in [1.165, 1.54) is 11.6 Å². The predicted octanol–water partition coefficient (Wildman–Crippen LogP) is 3.27. The van der Waals surface area contributed by atoms with E-state index in [1.807, 2.05) is 32.2 Å². The molecule has 0 unspecified atom stereocenters. The molecule has 0 saturated carbocycles. The molecule has 0 spiro atoms. The standard InChI is InChI=1S/C20H20N2O3/c1-14-6-8-15(9-7-14)20(17-5-3-4-10-21-17)22(2)12-16-11-18(23)19(24)13-25-16/h3-11,13,20,24H,12H2,1-2H3/t20-/m1/s1. The third-order valence-electron chi connectivity index (χ3n) is 4.07. The molecule has 25 heavy (non-hydrogen) atoms. The van der Waals surface area contributed by atoms with Gasteiger partial charge < -0.3 is 9.52 Å². The van der Waals surface area contributed by atoms with Gasteiger partial charge in [0, 0.05) is 12.3 Å². The van der Waals surface area contributed by atoms with E-state index in [4.69, 9.17) is 4.42 Å². The number of aromatic nitrogens is 1. The van der Waals surface area contributed by atoms with Crippen molar-refractivity contribution in [2.45, 2.75) is 19.5 Å². The van der Waals surface area contributed by atoms with E-state index in [1.54, 1.807) is 6.20 Å². The highest BCUT2D eigenvalue weighted by Gasteiger charge is 2.21. The lowest BCUT2D eigenvalue weighted by molar-refractivity contribution is 0.239. The van der Waals surface area contributed by atoms with Crippen LogP contribution in [0.4, 0.5) is 0 Å². The number of benzene rings is 1. The van der Waals surface area contributed by atoms with Crippen LogP contribution < -0.4 is 5.43 Å². The number of hydrogen-bond acceptors (Lipinski definition) is 5. The second kappa shape index (κ2) is 7.32. The molecule has 1 aromatic carbocycles. The zero-order valence-electron chi connectivity index (χ0n) is 14.2. The van der Waals surface area contributed by atoms with Gasteiger partial charge in [0.25, 0.3) is 0 Å². The molecule has 2 heterocycles. The van der Waals surface area contributed by atoms with Gasteiger partial charge in [0.05, 0.1) is 18.3 Å². The fraction of sp³-hybridized carbons (Fsp3) is 0.200. The topological polar surface area (TPSA) is 66.6 Å². The molecule has 0 aliphatic rings. The Morgan fingerprint density at radius 2 is 1.96 bits per heavy atom. The minimum Gasteiger partial charge on any atom is -0.502 e. The molecule has 0 aliphatic heterocycles. The summed E-state index contributed by atoms with van der Waals surface area (Å²) in [7, 11) is 1.95. The first-order valence-electron chi connectivity index (χ1n) is 8.03. The summed E-state index contributed by atoms with van der Waals surface area (Å²) in [6.07, 6.45) is 2.85. The van der Waals surface area contributed by atoms with E-state index < -0.39 is 5.43 Å². The molecule has 5 heteroatoms. The Morgan fingerprint density at radius 3 is 2.60 bits per heavy atom. The van der Waals surface area contributed by atoms with Crippen molar-refractivity contribution in [2.24, 2.45) is 0 Å². The lowest BCUT2D eigenvalue weighted by Crippen LogP contribution is -2.26. The molecule has 128 valence electrons. The molecule has 3 rings (SSSR count). The van der Waals surface area contributed by atoms with Gasteiger partial charge in [0.1, 0.15) is 12.0 Å². The van der Waals surface area contributed by atoms with Crippen LogP contribution in [0.1, 0.15) is 28.6 Å². The summed E-state index contributed by atoms with van der Waals surface area (Å²) in [5.74, 6) is 0.101. The Labute approximate surface area is 146 Å². The van der Waals surface area contributed by atoms with Crippen LogP contribution >= 0.6 is 0 Å². The molecule has 1 N–H and O–H groups in total. The van der Waals surface area contributed by atoms with Gasteiger partial charge in [0.15, 0.2) is 5.75 Å². The van der Waals surface area contributed by atoms with Crippen LogP contribution in [0, 0.1) is 6.92 Å². The second-order valence-electron chi connectivity index (χ2n) is 6.08. The van der Waals surface area contributed by atoms with Gasteiger partial charge in [0.2, 0.25) is 5.43 Å². The van der Waals surface area contributed by atoms with E-state index in [-0.39, 0.29) is 11.8 Å². The van der Waals surface area contributed by atoms with Crippen molar-refractivity contribution in [1.29, 1.82) is 0 Å².